The largest absolute Gasteiger partial charge is 0.449 e. The molecule has 0 aliphatic rings. The number of carbonyl (C=O) groups excluding carboxylic acids is 1. The van der Waals surface area contributed by atoms with Crippen LogP contribution in [0.15, 0.2) is 55.1 Å². The molecule has 0 atom stereocenters. The fourth-order valence-corrected chi connectivity index (χ4v) is 6.56. The Balaban J connectivity index is 1.70. The molecule has 0 fully saturated rings. The number of ether oxygens (including phenoxy) is 1. The monoisotopic (exact) mass is 733 g/mol. The van der Waals surface area contributed by atoms with Crippen LogP contribution >= 0.6 is 23.2 Å². The summed E-state index contributed by atoms with van der Waals surface area (Å²) < 4.78 is 72.2. The van der Waals surface area contributed by atoms with Gasteiger partial charge in [-0.25, -0.2) is 9.48 Å². The Morgan fingerprint density at radius 1 is 0.872 bits per heavy atom. The molecule has 47 heavy (non-hydrogen) atoms. The number of azo groups is 1. The van der Waals surface area contributed by atoms with Gasteiger partial charge in [-0.2, -0.15) is 16.8 Å². The van der Waals surface area contributed by atoms with Gasteiger partial charge in [0.15, 0.2) is 5.69 Å². The molecule has 3 aromatic rings. The van der Waals surface area contributed by atoms with Gasteiger partial charge in [0.05, 0.1) is 28.0 Å². The van der Waals surface area contributed by atoms with Gasteiger partial charge in [-0.15, -0.1) is 10.2 Å². The molecular weight excluding hydrogens is 697 g/mol. The number of nitrogens with one attached hydrogen (secondary N) is 2. The van der Waals surface area contributed by atoms with Crippen molar-refractivity contribution in [3.63, 3.8) is 0 Å². The lowest BCUT2D eigenvalue weighted by Gasteiger charge is -2.09. The van der Waals surface area contributed by atoms with Crippen molar-refractivity contribution in [2.24, 2.45) is 10.2 Å². The maximum Gasteiger partial charge on any atom is 0.411 e. The van der Waals surface area contributed by atoms with E-state index in [1.165, 1.54) is 51.5 Å². The number of carbonyl (C=O) groups is 1. The number of rotatable bonds is 17. The highest BCUT2D eigenvalue weighted by Crippen LogP contribution is 2.32. The van der Waals surface area contributed by atoms with Gasteiger partial charge in [-0.3, -0.25) is 24.3 Å². The lowest BCUT2D eigenvalue weighted by molar-refractivity contribution is 0.159. The van der Waals surface area contributed by atoms with E-state index in [0.717, 1.165) is 48.2 Å². The van der Waals surface area contributed by atoms with E-state index in [2.05, 4.69) is 27.6 Å². The topological polar surface area (TPSA) is 210 Å². The van der Waals surface area contributed by atoms with Gasteiger partial charge in [0.2, 0.25) is 0 Å². The highest BCUT2D eigenvalue weighted by atomic mass is 35.5. The maximum absolute atomic E-state index is 13.2. The molecule has 1 aromatic heterocycles. The van der Waals surface area contributed by atoms with Gasteiger partial charge in [0.1, 0.15) is 15.5 Å². The van der Waals surface area contributed by atoms with Crippen LogP contribution in [0.5, 0.6) is 0 Å². The highest BCUT2D eigenvalue weighted by molar-refractivity contribution is 7.86. The molecule has 0 aliphatic heterocycles. The van der Waals surface area contributed by atoms with Crippen molar-refractivity contribution in [3.8, 4) is 5.69 Å². The van der Waals surface area contributed by atoms with E-state index in [0.29, 0.717) is 6.42 Å². The van der Waals surface area contributed by atoms with E-state index >= 15 is 0 Å². The number of amides is 1. The predicted octanol–water partition coefficient (Wildman–Crippen LogP) is 8.16. The number of hydrogen-bond donors (Lipinski definition) is 4. The number of H-pyrrole nitrogens is 1. The third kappa shape index (κ3) is 11.1. The number of anilines is 1. The molecule has 258 valence electrons. The molecule has 0 saturated heterocycles. The summed E-state index contributed by atoms with van der Waals surface area (Å²) in [5.74, 6) is 0. The molecular formula is C29H37Cl2N5O9S2. The number of aryl methyl sites for hydroxylation is 1. The van der Waals surface area contributed by atoms with Crippen molar-refractivity contribution in [3.05, 3.63) is 56.4 Å². The fraction of sp³-hybridized carbons (Fsp3) is 0.448. The normalized spacial score (nSPS) is 12.1. The van der Waals surface area contributed by atoms with Crippen molar-refractivity contribution in [2.75, 3.05) is 11.9 Å². The van der Waals surface area contributed by atoms with Crippen LogP contribution in [0, 0.1) is 6.92 Å². The molecule has 2 aromatic carbocycles. The predicted molar refractivity (Wildman–Crippen MR) is 178 cm³/mol. The highest BCUT2D eigenvalue weighted by Gasteiger charge is 2.22. The van der Waals surface area contributed by atoms with Crippen LogP contribution in [0.1, 0.15) is 76.8 Å². The number of aromatic nitrogens is 2. The Bertz CT molecular complexity index is 1870. The first-order valence-electron chi connectivity index (χ1n) is 14.9. The quantitative estimate of drug-likeness (QED) is 0.0598. The zero-order valence-corrected chi connectivity index (χ0v) is 29.0. The minimum absolute atomic E-state index is 0.0836. The third-order valence-corrected chi connectivity index (χ3v) is 9.55. The molecule has 0 unspecified atom stereocenters. The summed E-state index contributed by atoms with van der Waals surface area (Å²) >= 11 is 12.1. The molecule has 0 bridgehead atoms. The SMILES string of the molecule is CCCCCCCCCCCCOC(=O)Nc1ccc(S(=O)(=O)O)c(N=Nc2c(C)[nH]n(-c3cc(Cl)c(S(=O)(=O)O)cc3Cl)c2=O)c1. The summed E-state index contributed by atoms with van der Waals surface area (Å²) in [7, 11) is -9.49. The average Bonchev–Trinajstić information content (AvgIpc) is 3.26. The van der Waals surface area contributed by atoms with Crippen LogP contribution < -0.4 is 10.9 Å². The van der Waals surface area contributed by atoms with Crippen LogP contribution in [0.25, 0.3) is 5.69 Å². The molecule has 0 radical (unpaired) electrons. The molecule has 0 saturated carbocycles. The summed E-state index contributed by atoms with van der Waals surface area (Å²) in [5, 5.41) is 12.2. The molecule has 0 aliphatic carbocycles. The molecule has 1 amide bonds. The number of aromatic amines is 1. The second-order valence-electron chi connectivity index (χ2n) is 10.7. The number of nitrogens with zero attached hydrogens (tertiary/aromatic N) is 3. The number of benzene rings is 2. The minimum Gasteiger partial charge on any atom is -0.449 e. The maximum atomic E-state index is 13.2. The van der Waals surface area contributed by atoms with Crippen molar-refractivity contribution < 1.29 is 35.5 Å². The van der Waals surface area contributed by atoms with Crippen LogP contribution in [0.4, 0.5) is 21.9 Å². The van der Waals surface area contributed by atoms with Gasteiger partial charge in [-0.1, -0.05) is 87.9 Å². The van der Waals surface area contributed by atoms with E-state index in [1.807, 2.05) is 0 Å². The average molecular weight is 735 g/mol. The molecule has 18 heteroatoms. The Labute approximate surface area is 283 Å². The summed E-state index contributed by atoms with van der Waals surface area (Å²) in [6, 6.07) is 5.24. The van der Waals surface area contributed by atoms with Crippen LogP contribution in [0.2, 0.25) is 10.0 Å². The van der Waals surface area contributed by atoms with Gasteiger partial charge in [0, 0.05) is 5.69 Å². The standard InChI is InChI=1S/C29H37Cl2N5O9S2/c1-3-4-5-6-7-8-9-10-11-12-15-45-29(38)32-20-13-14-25(46(39,40)41)23(16-20)33-34-27-19(2)35-36(28(27)37)24-17-22(31)26(18-21(24)30)47(42,43)44/h13-14,16-18,35H,3-12,15H2,1-2H3,(H,32,38)(H,39,40,41)(H,42,43,44). The van der Waals surface area contributed by atoms with E-state index < -0.39 is 52.4 Å². The summed E-state index contributed by atoms with van der Waals surface area (Å²) in [6.07, 6.45) is 10.5. The zero-order valence-electron chi connectivity index (χ0n) is 25.8. The van der Waals surface area contributed by atoms with Crippen LogP contribution in [-0.2, 0) is 25.0 Å². The van der Waals surface area contributed by atoms with E-state index in [1.54, 1.807) is 0 Å². The first kappa shape index (κ1) is 38.2. The van der Waals surface area contributed by atoms with Crippen molar-refractivity contribution in [1.29, 1.82) is 0 Å². The molecule has 14 nitrogen and oxygen atoms in total. The molecule has 3 rings (SSSR count). The minimum atomic E-state index is -4.79. The summed E-state index contributed by atoms with van der Waals surface area (Å²) in [6.45, 7) is 3.84. The lowest BCUT2D eigenvalue weighted by atomic mass is 10.1. The fourth-order valence-electron chi connectivity index (χ4n) is 4.62. The molecule has 4 N–H and O–H groups in total. The summed E-state index contributed by atoms with van der Waals surface area (Å²) in [4.78, 5) is 24.2. The smallest absolute Gasteiger partial charge is 0.411 e. The van der Waals surface area contributed by atoms with E-state index in [9.17, 15) is 35.5 Å². The summed E-state index contributed by atoms with van der Waals surface area (Å²) in [5.41, 5.74) is -1.38. The van der Waals surface area contributed by atoms with Crippen molar-refractivity contribution in [2.45, 2.75) is 87.8 Å². The second-order valence-corrected chi connectivity index (χ2v) is 14.3. The van der Waals surface area contributed by atoms with Crippen molar-refractivity contribution >= 4 is 66.6 Å². The Hall–Kier alpha value is -3.28. The van der Waals surface area contributed by atoms with Crippen LogP contribution in [0.3, 0.4) is 0 Å². The number of hydrogen-bond acceptors (Lipinski definition) is 9. The first-order valence-corrected chi connectivity index (χ1v) is 18.5. The van der Waals surface area contributed by atoms with Crippen molar-refractivity contribution in [1.82, 2.24) is 9.78 Å². The number of unbranched alkanes of at least 4 members (excludes halogenated alkanes) is 9. The molecule has 1 heterocycles. The first-order chi connectivity index (χ1) is 22.1. The van der Waals surface area contributed by atoms with Crippen LogP contribution in [-0.4, -0.2) is 48.4 Å². The molecule has 0 spiro atoms. The van der Waals surface area contributed by atoms with Gasteiger partial charge in [0.25, 0.3) is 25.8 Å². The van der Waals surface area contributed by atoms with Gasteiger partial charge >= 0.3 is 6.09 Å². The van der Waals surface area contributed by atoms with Gasteiger partial charge < -0.3 is 4.74 Å². The Morgan fingerprint density at radius 3 is 2.06 bits per heavy atom. The van der Waals surface area contributed by atoms with E-state index in [-0.39, 0.29) is 34.4 Å². The Kier molecular flexibility index (Phi) is 14.0. The zero-order chi connectivity index (χ0) is 34.8. The number of halogens is 2. The van der Waals surface area contributed by atoms with Gasteiger partial charge in [-0.05, 0) is 43.7 Å². The van der Waals surface area contributed by atoms with E-state index in [4.69, 9.17) is 27.9 Å². The second kappa shape index (κ2) is 17.2. The lowest BCUT2D eigenvalue weighted by Crippen LogP contribution is -2.15. The Morgan fingerprint density at radius 2 is 1.47 bits per heavy atom. The third-order valence-electron chi connectivity index (χ3n) is 7.03.